The molecule has 0 aromatic carbocycles. The summed E-state index contributed by atoms with van der Waals surface area (Å²) in [4.78, 5) is 21.0. The van der Waals surface area contributed by atoms with Crippen LogP contribution in [0, 0.1) is 5.41 Å². The maximum Gasteiger partial charge on any atom is 0.246 e. The molecule has 27 heavy (non-hydrogen) atoms. The van der Waals surface area contributed by atoms with Gasteiger partial charge >= 0.3 is 0 Å². The second-order valence-corrected chi connectivity index (χ2v) is 7.85. The Morgan fingerprint density at radius 2 is 2.26 bits per heavy atom. The molecule has 3 fully saturated rings. The summed E-state index contributed by atoms with van der Waals surface area (Å²) in [5.74, 6) is 0.914. The molecular weight excluding hydrogens is 344 g/mol. The highest BCUT2D eigenvalue weighted by molar-refractivity contribution is 5.98. The van der Waals surface area contributed by atoms with E-state index in [-0.39, 0.29) is 11.3 Å². The largest absolute Gasteiger partial charge is 0.378 e. The highest BCUT2D eigenvalue weighted by atomic mass is 16.5. The standard InChI is InChI=1S/C19H30N6O2/c1-4-27-16-10-15(19(16)6-5-7-19)22-18(20-2)24-8-9-25(17(26)13-24)14-11-21-23(3)12-14/h11-12,15-16H,4-10,13H2,1-3H3,(H,20,22). The van der Waals surface area contributed by atoms with Crippen molar-refractivity contribution in [2.45, 2.75) is 44.8 Å². The van der Waals surface area contributed by atoms with Crippen molar-refractivity contribution in [3.8, 4) is 0 Å². The highest BCUT2D eigenvalue weighted by Crippen LogP contribution is 2.57. The number of nitrogens with zero attached hydrogens (tertiary/aromatic N) is 5. The average molecular weight is 374 g/mol. The summed E-state index contributed by atoms with van der Waals surface area (Å²) in [5, 5.41) is 7.81. The number of aromatic nitrogens is 2. The van der Waals surface area contributed by atoms with Crippen molar-refractivity contribution in [3.05, 3.63) is 12.4 Å². The number of aliphatic imine (C=N–C) groups is 1. The lowest BCUT2D eigenvalue weighted by Gasteiger charge is -2.61. The first-order chi connectivity index (χ1) is 13.1. The third-order valence-corrected chi connectivity index (χ3v) is 6.48. The molecule has 1 N–H and O–H groups in total. The minimum absolute atomic E-state index is 0.0800. The fraction of sp³-hybridized carbons (Fsp3) is 0.737. The van der Waals surface area contributed by atoms with Gasteiger partial charge in [-0.3, -0.25) is 14.5 Å². The quantitative estimate of drug-likeness (QED) is 0.628. The van der Waals surface area contributed by atoms with Crippen LogP contribution < -0.4 is 10.2 Å². The van der Waals surface area contributed by atoms with E-state index in [9.17, 15) is 4.79 Å². The zero-order valence-corrected chi connectivity index (χ0v) is 16.5. The number of piperazine rings is 1. The predicted molar refractivity (Wildman–Crippen MR) is 104 cm³/mol. The predicted octanol–water partition coefficient (Wildman–Crippen LogP) is 0.992. The minimum Gasteiger partial charge on any atom is -0.378 e. The van der Waals surface area contributed by atoms with Gasteiger partial charge < -0.3 is 19.9 Å². The van der Waals surface area contributed by atoms with Crippen LogP contribution in [0.4, 0.5) is 5.69 Å². The van der Waals surface area contributed by atoms with E-state index >= 15 is 0 Å². The van der Waals surface area contributed by atoms with E-state index in [2.05, 4.69) is 27.2 Å². The van der Waals surface area contributed by atoms with Crippen LogP contribution in [-0.4, -0.2) is 72.0 Å². The fourth-order valence-corrected chi connectivity index (χ4v) is 4.77. The van der Waals surface area contributed by atoms with Crippen molar-refractivity contribution in [1.29, 1.82) is 0 Å². The number of hydrogen-bond donors (Lipinski definition) is 1. The van der Waals surface area contributed by atoms with Gasteiger partial charge in [-0.05, 0) is 26.2 Å². The third-order valence-electron chi connectivity index (χ3n) is 6.48. The van der Waals surface area contributed by atoms with Gasteiger partial charge in [0.1, 0.15) is 6.54 Å². The highest BCUT2D eigenvalue weighted by Gasteiger charge is 2.59. The average Bonchev–Trinajstić information content (AvgIpc) is 3.02. The second-order valence-electron chi connectivity index (χ2n) is 7.85. The van der Waals surface area contributed by atoms with Gasteiger partial charge in [0.15, 0.2) is 5.96 Å². The molecule has 0 radical (unpaired) electrons. The molecule has 2 heterocycles. The zero-order chi connectivity index (χ0) is 19.0. The van der Waals surface area contributed by atoms with Gasteiger partial charge in [0.05, 0.1) is 18.0 Å². The van der Waals surface area contributed by atoms with Crippen molar-refractivity contribution >= 4 is 17.6 Å². The SMILES string of the molecule is CCOC1CC(NC(=NC)N2CCN(c3cnn(C)c3)C(=O)C2)C12CCC2. The lowest BCUT2D eigenvalue weighted by atomic mass is 9.51. The van der Waals surface area contributed by atoms with Crippen LogP contribution in [0.2, 0.25) is 0 Å². The van der Waals surface area contributed by atoms with Gasteiger partial charge in [-0.15, -0.1) is 0 Å². The van der Waals surface area contributed by atoms with Gasteiger partial charge in [0.25, 0.3) is 0 Å². The number of ether oxygens (including phenoxy) is 1. The number of rotatable bonds is 4. The number of carbonyl (C=O) groups is 1. The third kappa shape index (κ3) is 3.09. The number of aryl methyl sites for hydroxylation is 1. The Morgan fingerprint density at radius 1 is 1.44 bits per heavy atom. The van der Waals surface area contributed by atoms with Crippen LogP contribution >= 0.6 is 0 Å². The Balaban J connectivity index is 1.38. The molecule has 1 aromatic rings. The van der Waals surface area contributed by atoms with Crippen LogP contribution in [0.5, 0.6) is 0 Å². The Kier molecular flexibility index (Phi) is 4.84. The Hall–Kier alpha value is -2.09. The smallest absolute Gasteiger partial charge is 0.246 e. The number of guanidine groups is 1. The van der Waals surface area contributed by atoms with Crippen LogP contribution in [-0.2, 0) is 16.6 Å². The van der Waals surface area contributed by atoms with Crippen molar-refractivity contribution < 1.29 is 9.53 Å². The molecule has 4 rings (SSSR count). The van der Waals surface area contributed by atoms with Gasteiger partial charge in [-0.2, -0.15) is 5.10 Å². The molecule has 2 unspecified atom stereocenters. The molecule has 8 heteroatoms. The summed E-state index contributed by atoms with van der Waals surface area (Å²) >= 11 is 0. The van der Waals surface area contributed by atoms with Gasteiger partial charge in [0.2, 0.25) is 5.91 Å². The van der Waals surface area contributed by atoms with Crippen LogP contribution in [0.1, 0.15) is 32.6 Å². The van der Waals surface area contributed by atoms with Gasteiger partial charge in [0, 0.05) is 51.4 Å². The molecule has 2 atom stereocenters. The molecule has 1 aromatic heterocycles. The molecule has 1 saturated heterocycles. The Labute approximate surface area is 160 Å². The summed E-state index contributed by atoms with van der Waals surface area (Å²) in [5.41, 5.74) is 1.13. The van der Waals surface area contributed by atoms with Crippen molar-refractivity contribution in [2.75, 3.05) is 38.2 Å². The molecular formula is C19H30N6O2. The summed E-state index contributed by atoms with van der Waals surface area (Å²) in [7, 11) is 3.66. The molecule has 1 amide bonds. The first-order valence-corrected chi connectivity index (χ1v) is 9.96. The molecule has 148 valence electrons. The number of hydrogen-bond acceptors (Lipinski definition) is 4. The fourth-order valence-electron chi connectivity index (χ4n) is 4.77. The van der Waals surface area contributed by atoms with E-state index in [0.29, 0.717) is 25.2 Å². The molecule has 1 spiro atoms. The maximum atomic E-state index is 12.7. The first kappa shape index (κ1) is 18.3. The Morgan fingerprint density at radius 3 is 2.81 bits per heavy atom. The van der Waals surface area contributed by atoms with Gasteiger partial charge in [-0.1, -0.05) is 6.42 Å². The second kappa shape index (κ2) is 7.14. The van der Waals surface area contributed by atoms with E-state index in [1.54, 1.807) is 22.8 Å². The van der Waals surface area contributed by atoms with Gasteiger partial charge in [-0.25, -0.2) is 0 Å². The number of anilines is 1. The van der Waals surface area contributed by atoms with Crippen LogP contribution in [0.3, 0.4) is 0 Å². The molecule has 1 aliphatic heterocycles. The van der Waals surface area contributed by atoms with E-state index in [4.69, 9.17) is 4.74 Å². The number of nitrogens with one attached hydrogen (secondary N) is 1. The minimum atomic E-state index is 0.0800. The number of amides is 1. The van der Waals surface area contributed by atoms with E-state index in [1.165, 1.54) is 19.3 Å². The number of carbonyl (C=O) groups excluding carboxylic acids is 1. The topological polar surface area (TPSA) is 75.0 Å². The molecule has 2 aliphatic carbocycles. The molecule has 3 aliphatic rings. The molecule has 0 bridgehead atoms. The summed E-state index contributed by atoms with van der Waals surface area (Å²) in [6, 6.07) is 0.396. The molecule has 2 saturated carbocycles. The Bertz CT molecular complexity index is 726. The summed E-state index contributed by atoms with van der Waals surface area (Å²) in [6.45, 7) is 4.58. The van der Waals surface area contributed by atoms with Crippen molar-refractivity contribution in [3.63, 3.8) is 0 Å². The van der Waals surface area contributed by atoms with Crippen LogP contribution in [0.15, 0.2) is 17.4 Å². The van der Waals surface area contributed by atoms with E-state index < -0.39 is 0 Å². The zero-order valence-electron chi connectivity index (χ0n) is 16.5. The van der Waals surface area contributed by atoms with E-state index in [0.717, 1.165) is 31.2 Å². The maximum absolute atomic E-state index is 12.7. The lowest BCUT2D eigenvalue weighted by Crippen LogP contribution is -2.69. The summed E-state index contributed by atoms with van der Waals surface area (Å²) < 4.78 is 7.67. The normalized spacial score (nSPS) is 27.5. The van der Waals surface area contributed by atoms with Crippen molar-refractivity contribution in [1.82, 2.24) is 20.0 Å². The molecule has 8 nitrogen and oxygen atoms in total. The lowest BCUT2D eigenvalue weighted by molar-refractivity contribution is -0.169. The van der Waals surface area contributed by atoms with Crippen LogP contribution in [0.25, 0.3) is 0 Å². The van der Waals surface area contributed by atoms with E-state index in [1.807, 2.05) is 13.2 Å². The monoisotopic (exact) mass is 374 g/mol. The van der Waals surface area contributed by atoms with Crippen molar-refractivity contribution in [2.24, 2.45) is 17.5 Å². The summed E-state index contributed by atoms with van der Waals surface area (Å²) in [6.07, 6.45) is 8.74. The first-order valence-electron chi connectivity index (χ1n) is 9.96.